The smallest absolute Gasteiger partial charge is 0.361 e. The highest BCUT2D eigenvalue weighted by Gasteiger charge is 2.32. The molecule has 0 aliphatic carbocycles. The Morgan fingerprint density at radius 3 is 2.67 bits per heavy atom. The maximum absolute atomic E-state index is 13.2. The first-order chi connectivity index (χ1) is 15.9. The van der Waals surface area contributed by atoms with Gasteiger partial charge in [0, 0.05) is 42.8 Å². The predicted molar refractivity (Wildman–Crippen MR) is 119 cm³/mol. The van der Waals surface area contributed by atoms with Crippen molar-refractivity contribution in [2.45, 2.75) is 32.5 Å². The third-order valence-electron chi connectivity index (χ3n) is 5.52. The number of halogens is 2. The van der Waals surface area contributed by atoms with Crippen LogP contribution in [0.2, 0.25) is 5.02 Å². The van der Waals surface area contributed by atoms with E-state index in [2.05, 4.69) is 32.4 Å². The summed E-state index contributed by atoms with van der Waals surface area (Å²) in [5, 5.41) is 13.7. The Morgan fingerprint density at radius 1 is 1.15 bits per heavy atom. The Morgan fingerprint density at radius 2 is 1.94 bits per heavy atom. The van der Waals surface area contributed by atoms with Crippen LogP contribution in [0.3, 0.4) is 0 Å². The van der Waals surface area contributed by atoms with E-state index in [0.717, 1.165) is 5.56 Å². The van der Waals surface area contributed by atoms with Crippen molar-refractivity contribution in [2.24, 2.45) is 0 Å². The second kappa shape index (κ2) is 10.1. The summed E-state index contributed by atoms with van der Waals surface area (Å²) in [5.41, 5.74) is 1.04. The lowest BCUT2D eigenvalue weighted by atomic mass is 10.1. The SMILES string of the molecule is C[C@@H]1CN(Cc2ccc(F)cc2)[C@@H](C)CN1C(=O)COc1ccc(Cl)cc1Oc1nn[nH]n1. The third kappa shape index (κ3) is 5.77. The number of aromatic nitrogens is 4. The van der Waals surface area contributed by atoms with E-state index in [1.165, 1.54) is 12.1 Å². The maximum Gasteiger partial charge on any atom is 0.361 e. The predicted octanol–water partition coefficient (Wildman–Crippen LogP) is 3.28. The lowest BCUT2D eigenvalue weighted by Gasteiger charge is -2.44. The fourth-order valence-electron chi connectivity index (χ4n) is 3.79. The molecule has 1 fully saturated rings. The molecule has 33 heavy (non-hydrogen) atoms. The van der Waals surface area contributed by atoms with Crippen molar-refractivity contribution in [3.63, 3.8) is 0 Å². The molecule has 1 aliphatic rings. The highest BCUT2D eigenvalue weighted by Crippen LogP contribution is 2.33. The van der Waals surface area contributed by atoms with Crippen LogP contribution in [-0.2, 0) is 11.3 Å². The molecule has 1 amide bonds. The average molecular weight is 475 g/mol. The van der Waals surface area contributed by atoms with E-state index in [4.69, 9.17) is 21.1 Å². The fourth-order valence-corrected chi connectivity index (χ4v) is 3.95. The highest BCUT2D eigenvalue weighted by molar-refractivity contribution is 6.30. The molecule has 1 N–H and O–H groups in total. The Bertz CT molecular complexity index is 1080. The number of piperazine rings is 1. The van der Waals surface area contributed by atoms with Gasteiger partial charge in [-0.05, 0) is 48.9 Å². The number of nitrogens with zero attached hydrogens (tertiary/aromatic N) is 5. The molecule has 0 saturated carbocycles. The van der Waals surface area contributed by atoms with Gasteiger partial charge in [0.15, 0.2) is 18.1 Å². The van der Waals surface area contributed by atoms with Crippen LogP contribution in [-0.4, -0.2) is 68.1 Å². The third-order valence-corrected chi connectivity index (χ3v) is 5.75. The van der Waals surface area contributed by atoms with Gasteiger partial charge in [-0.1, -0.05) is 33.9 Å². The van der Waals surface area contributed by atoms with Gasteiger partial charge in [0.1, 0.15) is 5.82 Å². The van der Waals surface area contributed by atoms with Gasteiger partial charge in [-0.2, -0.15) is 5.21 Å². The van der Waals surface area contributed by atoms with Crippen molar-refractivity contribution >= 4 is 17.5 Å². The quantitative estimate of drug-likeness (QED) is 0.561. The number of ether oxygens (including phenoxy) is 2. The van der Waals surface area contributed by atoms with Gasteiger partial charge in [0.25, 0.3) is 5.91 Å². The number of carbonyl (C=O) groups excluding carboxylic acids is 1. The molecule has 0 radical (unpaired) electrons. The standard InChI is InChI=1S/C22H24ClFN6O3/c1-14-11-30(15(2)10-29(14)12-16-3-6-18(24)7-4-16)21(31)13-32-19-8-5-17(23)9-20(19)33-22-25-27-28-26-22/h3-9,14-15H,10-13H2,1-2H3,(H,25,26,27,28)/t14-,15+/m0/s1. The van der Waals surface area contributed by atoms with E-state index in [0.29, 0.717) is 30.4 Å². The van der Waals surface area contributed by atoms with Gasteiger partial charge >= 0.3 is 6.01 Å². The summed E-state index contributed by atoms with van der Waals surface area (Å²) in [6.07, 6.45) is 0. The van der Waals surface area contributed by atoms with Crippen LogP contribution in [0.5, 0.6) is 17.5 Å². The Balaban J connectivity index is 1.36. The van der Waals surface area contributed by atoms with Crippen molar-refractivity contribution in [1.29, 1.82) is 0 Å². The number of H-pyrrole nitrogens is 1. The van der Waals surface area contributed by atoms with Crippen LogP contribution in [0.15, 0.2) is 42.5 Å². The minimum Gasteiger partial charge on any atom is -0.480 e. The van der Waals surface area contributed by atoms with Gasteiger partial charge in [0.2, 0.25) is 0 Å². The molecule has 2 aromatic carbocycles. The minimum absolute atomic E-state index is 0.00184. The minimum atomic E-state index is -0.248. The second-order valence-electron chi connectivity index (χ2n) is 7.98. The van der Waals surface area contributed by atoms with Crippen LogP contribution >= 0.6 is 11.6 Å². The number of benzene rings is 2. The summed E-state index contributed by atoms with van der Waals surface area (Å²) in [7, 11) is 0. The lowest BCUT2D eigenvalue weighted by molar-refractivity contribution is -0.139. The molecule has 4 rings (SSSR count). The van der Waals surface area contributed by atoms with Crippen LogP contribution in [0.4, 0.5) is 4.39 Å². The van der Waals surface area contributed by atoms with E-state index < -0.39 is 0 Å². The van der Waals surface area contributed by atoms with Crippen molar-refractivity contribution in [3.8, 4) is 17.5 Å². The molecule has 1 aliphatic heterocycles. The number of hydrogen-bond acceptors (Lipinski definition) is 7. The van der Waals surface area contributed by atoms with E-state index >= 15 is 0 Å². The first kappa shape index (κ1) is 22.9. The summed E-state index contributed by atoms with van der Waals surface area (Å²) in [5.74, 6) is 0.244. The van der Waals surface area contributed by atoms with E-state index in [1.807, 2.05) is 11.8 Å². The second-order valence-corrected chi connectivity index (χ2v) is 8.41. The van der Waals surface area contributed by atoms with Crippen LogP contribution in [0.25, 0.3) is 0 Å². The number of hydrogen-bond donors (Lipinski definition) is 1. The maximum atomic E-state index is 13.2. The zero-order valence-electron chi connectivity index (χ0n) is 18.2. The van der Waals surface area contributed by atoms with Crippen LogP contribution in [0.1, 0.15) is 19.4 Å². The first-order valence-electron chi connectivity index (χ1n) is 10.5. The normalized spacial score (nSPS) is 18.8. The number of carbonyl (C=O) groups is 1. The fraction of sp³-hybridized carbons (Fsp3) is 0.364. The zero-order valence-corrected chi connectivity index (χ0v) is 19.0. The molecule has 11 heteroatoms. The summed E-state index contributed by atoms with van der Waals surface area (Å²) in [4.78, 5) is 17.1. The molecule has 9 nitrogen and oxygen atoms in total. The topological polar surface area (TPSA) is 96.5 Å². The van der Waals surface area contributed by atoms with Crippen molar-refractivity contribution in [2.75, 3.05) is 19.7 Å². The van der Waals surface area contributed by atoms with Gasteiger partial charge in [-0.15, -0.1) is 0 Å². The lowest BCUT2D eigenvalue weighted by Crippen LogP contribution is -2.58. The zero-order chi connectivity index (χ0) is 23.4. The molecule has 0 unspecified atom stereocenters. The van der Waals surface area contributed by atoms with Crippen LogP contribution < -0.4 is 9.47 Å². The van der Waals surface area contributed by atoms with Gasteiger partial charge in [-0.3, -0.25) is 9.69 Å². The summed E-state index contributed by atoms with van der Waals surface area (Å²) < 4.78 is 24.5. The van der Waals surface area contributed by atoms with Crippen molar-refractivity contribution in [3.05, 3.63) is 58.9 Å². The molecular formula is C22H24ClFN6O3. The summed E-state index contributed by atoms with van der Waals surface area (Å²) in [6, 6.07) is 11.5. The Hall–Kier alpha value is -3.24. The van der Waals surface area contributed by atoms with Gasteiger partial charge in [0.05, 0.1) is 0 Å². The Labute approximate surface area is 195 Å². The van der Waals surface area contributed by atoms with Crippen LogP contribution in [0, 0.1) is 5.82 Å². The van der Waals surface area contributed by atoms with Gasteiger partial charge < -0.3 is 14.4 Å². The summed E-state index contributed by atoms with van der Waals surface area (Å²) >= 11 is 6.06. The van der Waals surface area contributed by atoms with Crippen molar-refractivity contribution < 1.29 is 18.7 Å². The number of nitrogens with one attached hydrogen (secondary N) is 1. The van der Waals surface area contributed by atoms with E-state index in [1.54, 1.807) is 30.3 Å². The molecule has 1 aromatic heterocycles. The summed E-state index contributed by atoms with van der Waals surface area (Å²) in [6.45, 7) is 5.90. The van der Waals surface area contributed by atoms with E-state index in [-0.39, 0.29) is 42.2 Å². The number of tetrazole rings is 1. The molecule has 0 spiro atoms. The largest absolute Gasteiger partial charge is 0.480 e. The average Bonchev–Trinajstić information content (AvgIpc) is 3.30. The molecule has 2 heterocycles. The van der Waals surface area contributed by atoms with Crippen molar-refractivity contribution in [1.82, 2.24) is 30.4 Å². The first-order valence-corrected chi connectivity index (χ1v) is 10.9. The Kier molecular flexibility index (Phi) is 7.05. The van der Waals surface area contributed by atoms with E-state index in [9.17, 15) is 9.18 Å². The molecule has 174 valence electrons. The monoisotopic (exact) mass is 474 g/mol. The molecule has 2 atom stereocenters. The molecule has 1 saturated heterocycles. The number of rotatable bonds is 7. The molecule has 3 aromatic rings. The number of amides is 1. The van der Waals surface area contributed by atoms with Gasteiger partial charge in [-0.25, -0.2) is 4.39 Å². The molecular weight excluding hydrogens is 451 g/mol. The highest BCUT2D eigenvalue weighted by atomic mass is 35.5. The molecule has 0 bridgehead atoms. The number of aromatic amines is 1.